The Morgan fingerprint density at radius 1 is 1.21 bits per heavy atom. The van der Waals surface area contributed by atoms with Crippen LogP contribution in [0.1, 0.15) is 34.7 Å². The number of rotatable bonds is 2. The van der Waals surface area contributed by atoms with Gasteiger partial charge in [-0.05, 0) is 36.5 Å². The zero-order valence-electron chi connectivity index (χ0n) is 13.0. The maximum absolute atomic E-state index is 12.7. The van der Waals surface area contributed by atoms with Crippen molar-refractivity contribution in [2.45, 2.75) is 18.8 Å². The second-order valence-electron chi connectivity index (χ2n) is 5.88. The number of amides is 1. The van der Waals surface area contributed by atoms with Crippen molar-refractivity contribution in [3.05, 3.63) is 63.8 Å². The van der Waals surface area contributed by atoms with Gasteiger partial charge in [-0.15, -0.1) is 11.3 Å². The zero-order chi connectivity index (χ0) is 16.5. The normalized spacial score (nSPS) is 15.8. The van der Waals surface area contributed by atoms with E-state index in [1.54, 1.807) is 28.9 Å². The van der Waals surface area contributed by atoms with Crippen molar-refractivity contribution in [1.82, 2.24) is 19.3 Å². The summed E-state index contributed by atoms with van der Waals surface area (Å²) in [5.41, 5.74) is 1.12. The molecule has 0 bridgehead atoms. The number of aromatic nitrogens is 3. The van der Waals surface area contributed by atoms with Crippen LogP contribution in [0.5, 0.6) is 0 Å². The van der Waals surface area contributed by atoms with Crippen LogP contribution in [0.2, 0.25) is 0 Å². The first-order valence-corrected chi connectivity index (χ1v) is 8.76. The number of pyridine rings is 1. The van der Waals surface area contributed by atoms with Crippen LogP contribution >= 0.6 is 11.3 Å². The third-order valence-electron chi connectivity index (χ3n) is 4.53. The predicted molar refractivity (Wildman–Crippen MR) is 91.5 cm³/mol. The molecule has 0 unspecified atom stereocenters. The lowest BCUT2D eigenvalue weighted by Crippen LogP contribution is -2.40. The maximum atomic E-state index is 12.7. The summed E-state index contributed by atoms with van der Waals surface area (Å²) in [7, 11) is 0. The Balaban J connectivity index is 1.51. The summed E-state index contributed by atoms with van der Waals surface area (Å²) in [6.45, 7) is 1.30. The number of piperidine rings is 1. The first-order valence-electron chi connectivity index (χ1n) is 7.88. The molecule has 6 nitrogen and oxygen atoms in total. The molecule has 0 atom stereocenters. The van der Waals surface area contributed by atoms with Crippen molar-refractivity contribution in [1.29, 1.82) is 0 Å². The van der Waals surface area contributed by atoms with Crippen molar-refractivity contribution in [2.75, 3.05) is 13.1 Å². The summed E-state index contributed by atoms with van der Waals surface area (Å²) in [4.78, 5) is 35.7. The van der Waals surface area contributed by atoms with E-state index in [1.807, 2.05) is 12.1 Å². The summed E-state index contributed by atoms with van der Waals surface area (Å²) in [5.74, 6) is 0.219. The number of nitrogens with zero attached hydrogens (tertiary/aromatic N) is 4. The molecule has 4 heterocycles. The fourth-order valence-corrected chi connectivity index (χ4v) is 3.87. The zero-order valence-corrected chi connectivity index (χ0v) is 13.8. The number of thiazole rings is 1. The second-order valence-corrected chi connectivity index (χ2v) is 6.75. The Hall–Kier alpha value is -2.54. The predicted octanol–water partition coefficient (Wildman–Crippen LogP) is 2.17. The van der Waals surface area contributed by atoms with Crippen LogP contribution in [0.25, 0.3) is 4.96 Å². The van der Waals surface area contributed by atoms with Crippen molar-refractivity contribution in [2.24, 2.45) is 0 Å². The van der Waals surface area contributed by atoms with Crippen LogP contribution < -0.4 is 5.56 Å². The lowest BCUT2D eigenvalue weighted by atomic mass is 9.90. The van der Waals surface area contributed by atoms with Gasteiger partial charge in [0.25, 0.3) is 11.5 Å². The molecule has 1 saturated heterocycles. The fourth-order valence-electron chi connectivity index (χ4n) is 3.19. The molecule has 3 aromatic heterocycles. The van der Waals surface area contributed by atoms with E-state index in [0.29, 0.717) is 24.0 Å². The standard InChI is InChI=1S/C17H16N4O2S/c22-15(14-11-19-17-21(16(14)23)9-10-24-17)20-7-3-13(4-8-20)12-1-5-18-6-2-12/h1-2,5-6,9-11,13H,3-4,7-8H2. The summed E-state index contributed by atoms with van der Waals surface area (Å²) in [5, 5.41) is 1.79. The average molecular weight is 340 g/mol. The van der Waals surface area contributed by atoms with Gasteiger partial charge in [0.05, 0.1) is 0 Å². The van der Waals surface area contributed by atoms with E-state index in [4.69, 9.17) is 0 Å². The number of hydrogen-bond donors (Lipinski definition) is 0. The molecule has 1 amide bonds. The third-order valence-corrected chi connectivity index (χ3v) is 5.30. The lowest BCUT2D eigenvalue weighted by molar-refractivity contribution is 0.0710. The van der Waals surface area contributed by atoms with Gasteiger partial charge >= 0.3 is 0 Å². The number of hydrogen-bond acceptors (Lipinski definition) is 5. The molecule has 0 aromatic carbocycles. The molecule has 3 aromatic rings. The second kappa shape index (κ2) is 6.16. The van der Waals surface area contributed by atoms with Crippen LogP contribution in [0.15, 0.2) is 47.1 Å². The highest BCUT2D eigenvalue weighted by Crippen LogP contribution is 2.27. The summed E-state index contributed by atoms with van der Waals surface area (Å²) >= 11 is 1.38. The quantitative estimate of drug-likeness (QED) is 0.717. The molecular weight excluding hydrogens is 324 g/mol. The van der Waals surface area contributed by atoms with Crippen LogP contribution in [0.4, 0.5) is 0 Å². The minimum absolute atomic E-state index is 0.147. The fraction of sp³-hybridized carbons (Fsp3) is 0.294. The molecule has 7 heteroatoms. The number of fused-ring (bicyclic) bond motifs is 1. The first kappa shape index (κ1) is 15.0. The van der Waals surface area contributed by atoms with Crippen LogP contribution in [0.3, 0.4) is 0 Å². The molecular formula is C17H16N4O2S. The first-order chi connectivity index (χ1) is 11.7. The van der Waals surface area contributed by atoms with Gasteiger partial charge in [-0.25, -0.2) is 4.98 Å². The van der Waals surface area contributed by atoms with E-state index in [-0.39, 0.29) is 17.0 Å². The highest BCUT2D eigenvalue weighted by Gasteiger charge is 2.26. The minimum Gasteiger partial charge on any atom is -0.338 e. The summed E-state index contributed by atoms with van der Waals surface area (Å²) in [6.07, 6.45) is 8.45. The highest BCUT2D eigenvalue weighted by atomic mass is 32.1. The Morgan fingerprint density at radius 2 is 1.96 bits per heavy atom. The Labute approximate surface area is 142 Å². The molecule has 0 N–H and O–H groups in total. The van der Waals surface area contributed by atoms with Crippen LogP contribution in [0, 0.1) is 0 Å². The van der Waals surface area contributed by atoms with E-state index in [0.717, 1.165) is 12.8 Å². The molecule has 0 radical (unpaired) electrons. The molecule has 0 saturated carbocycles. The molecule has 0 aliphatic carbocycles. The maximum Gasteiger partial charge on any atom is 0.271 e. The Bertz CT molecular complexity index is 926. The van der Waals surface area contributed by atoms with Gasteiger partial charge in [-0.3, -0.25) is 19.0 Å². The van der Waals surface area contributed by atoms with Crippen LogP contribution in [-0.2, 0) is 0 Å². The average Bonchev–Trinajstić information content (AvgIpc) is 3.12. The van der Waals surface area contributed by atoms with Gasteiger partial charge in [0.15, 0.2) is 4.96 Å². The molecule has 122 valence electrons. The van der Waals surface area contributed by atoms with E-state index in [9.17, 15) is 9.59 Å². The molecule has 4 rings (SSSR count). The molecule has 1 aliphatic heterocycles. The van der Waals surface area contributed by atoms with E-state index in [2.05, 4.69) is 9.97 Å². The molecule has 24 heavy (non-hydrogen) atoms. The van der Waals surface area contributed by atoms with E-state index in [1.165, 1.54) is 27.5 Å². The van der Waals surface area contributed by atoms with Gasteiger partial charge in [-0.2, -0.15) is 0 Å². The SMILES string of the molecule is O=C(c1cnc2sccn2c1=O)N1CCC(c2ccncc2)CC1. The lowest BCUT2D eigenvalue weighted by Gasteiger charge is -2.32. The van der Waals surface area contributed by atoms with Gasteiger partial charge in [0, 0.05) is 43.3 Å². The number of carbonyl (C=O) groups excluding carboxylic acids is 1. The van der Waals surface area contributed by atoms with Crippen molar-refractivity contribution in [3.63, 3.8) is 0 Å². The number of likely N-dealkylation sites (tertiary alicyclic amines) is 1. The highest BCUT2D eigenvalue weighted by molar-refractivity contribution is 7.15. The summed E-state index contributed by atoms with van der Waals surface area (Å²) < 4.78 is 1.43. The van der Waals surface area contributed by atoms with Crippen molar-refractivity contribution < 1.29 is 4.79 Å². The van der Waals surface area contributed by atoms with E-state index < -0.39 is 0 Å². The van der Waals surface area contributed by atoms with Gasteiger partial charge in [0.2, 0.25) is 0 Å². The Morgan fingerprint density at radius 3 is 2.71 bits per heavy atom. The molecule has 1 aliphatic rings. The monoisotopic (exact) mass is 340 g/mol. The minimum atomic E-state index is -0.289. The third kappa shape index (κ3) is 2.60. The smallest absolute Gasteiger partial charge is 0.271 e. The number of carbonyl (C=O) groups is 1. The molecule has 0 spiro atoms. The van der Waals surface area contributed by atoms with E-state index >= 15 is 0 Å². The molecule has 1 fully saturated rings. The van der Waals surface area contributed by atoms with Gasteiger partial charge in [0.1, 0.15) is 5.56 Å². The van der Waals surface area contributed by atoms with Crippen LogP contribution in [-0.4, -0.2) is 38.3 Å². The Kier molecular flexibility index (Phi) is 3.86. The van der Waals surface area contributed by atoms with Gasteiger partial charge in [-0.1, -0.05) is 0 Å². The topological polar surface area (TPSA) is 67.6 Å². The van der Waals surface area contributed by atoms with Crippen molar-refractivity contribution in [3.8, 4) is 0 Å². The summed E-state index contributed by atoms with van der Waals surface area (Å²) in [6, 6.07) is 4.06. The largest absolute Gasteiger partial charge is 0.338 e. The van der Waals surface area contributed by atoms with Crippen molar-refractivity contribution >= 4 is 22.2 Å². The van der Waals surface area contributed by atoms with Gasteiger partial charge < -0.3 is 4.90 Å².